The minimum absolute atomic E-state index is 0.337. The lowest BCUT2D eigenvalue weighted by Gasteiger charge is -2.06. The molecule has 7 heteroatoms. The van der Waals surface area contributed by atoms with E-state index in [1.807, 2.05) is 4.72 Å². The number of nitrogens with one attached hydrogen (secondary N) is 2. The number of hydrogen-bond donors (Lipinski definition) is 3. The molecule has 1 rings (SSSR count). The number of halogens is 1. The molecule has 0 bridgehead atoms. The van der Waals surface area contributed by atoms with Crippen LogP contribution in [0.3, 0.4) is 0 Å². The molecule has 15 heavy (non-hydrogen) atoms. The molecule has 1 aromatic rings. The molecule has 1 aromatic carbocycles. The third kappa shape index (κ3) is 3.00. The van der Waals surface area contributed by atoms with Crippen molar-refractivity contribution in [1.29, 1.82) is 5.41 Å². The predicted molar refractivity (Wildman–Crippen MR) is 53.5 cm³/mol. The zero-order valence-corrected chi connectivity index (χ0v) is 8.51. The van der Waals surface area contributed by atoms with Crippen LogP contribution in [-0.4, -0.2) is 20.8 Å². The number of rotatable bonds is 4. The number of benzene rings is 1. The van der Waals surface area contributed by atoms with Crippen molar-refractivity contribution in [3.63, 3.8) is 0 Å². The minimum Gasteiger partial charge on any atom is -0.387 e. The second-order valence-electron chi connectivity index (χ2n) is 2.78. The van der Waals surface area contributed by atoms with Crippen molar-refractivity contribution in [1.82, 2.24) is 4.72 Å². The summed E-state index contributed by atoms with van der Waals surface area (Å²) in [5, 5.41) is 6.85. The molecule has 82 valence electrons. The summed E-state index contributed by atoms with van der Waals surface area (Å²) >= 11 is 0. The standard InChI is InChI=1S/C8H10FN3O2S/c9-6-3-1-2-4-7(6)15(13,14)12-5-8(10)11/h1-4,12H,5H2,(H3,10,11). The average Bonchev–Trinajstić information content (AvgIpc) is 2.15. The molecule has 0 aliphatic carbocycles. The van der Waals surface area contributed by atoms with Crippen molar-refractivity contribution < 1.29 is 12.8 Å². The molecule has 4 N–H and O–H groups in total. The van der Waals surface area contributed by atoms with Crippen LogP contribution in [0.15, 0.2) is 29.2 Å². The van der Waals surface area contributed by atoms with Crippen molar-refractivity contribution in [3.8, 4) is 0 Å². The average molecular weight is 231 g/mol. The quantitative estimate of drug-likeness (QED) is 0.504. The van der Waals surface area contributed by atoms with Gasteiger partial charge < -0.3 is 5.73 Å². The summed E-state index contributed by atoms with van der Waals surface area (Å²) in [6.45, 7) is -0.337. The SMILES string of the molecule is N=C(N)CNS(=O)(=O)c1ccccc1F. The van der Waals surface area contributed by atoms with E-state index in [1.54, 1.807) is 0 Å². The Hall–Kier alpha value is -1.47. The Labute approximate surface area is 86.7 Å². The summed E-state index contributed by atoms with van der Waals surface area (Å²) in [4.78, 5) is -0.453. The predicted octanol–water partition coefficient (Wildman–Crippen LogP) is 0.0400. The van der Waals surface area contributed by atoms with Crippen LogP contribution in [0.1, 0.15) is 0 Å². The maximum Gasteiger partial charge on any atom is 0.243 e. The van der Waals surface area contributed by atoms with E-state index < -0.39 is 20.7 Å². The molecule has 0 radical (unpaired) electrons. The van der Waals surface area contributed by atoms with E-state index in [4.69, 9.17) is 11.1 Å². The lowest BCUT2D eigenvalue weighted by molar-refractivity contribution is 0.560. The number of nitrogens with two attached hydrogens (primary N) is 1. The first-order chi connectivity index (χ1) is 6.93. The van der Waals surface area contributed by atoms with E-state index in [2.05, 4.69) is 0 Å². The normalized spacial score (nSPS) is 11.3. The van der Waals surface area contributed by atoms with Crippen LogP contribution in [0.2, 0.25) is 0 Å². The van der Waals surface area contributed by atoms with Crippen LogP contribution < -0.4 is 10.5 Å². The van der Waals surface area contributed by atoms with Gasteiger partial charge in [0.15, 0.2) is 0 Å². The Morgan fingerprint density at radius 1 is 1.47 bits per heavy atom. The molecular weight excluding hydrogens is 221 g/mol. The highest BCUT2D eigenvalue weighted by Gasteiger charge is 2.17. The van der Waals surface area contributed by atoms with Gasteiger partial charge in [-0.15, -0.1) is 0 Å². The van der Waals surface area contributed by atoms with Crippen LogP contribution in [-0.2, 0) is 10.0 Å². The summed E-state index contributed by atoms with van der Waals surface area (Å²) < 4.78 is 38.0. The van der Waals surface area contributed by atoms with Gasteiger partial charge in [0.05, 0.1) is 6.54 Å². The first kappa shape index (κ1) is 11.6. The molecule has 0 aromatic heterocycles. The number of hydrogen-bond acceptors (Lipinski definition) is 3. The summed E-state index contributed by atoms with van der Waals surface area (Å²) in [5.41, 5.74) is 4.98. The van der Waals surface area contributed by atoms with Crippen molar-refractivity contribution in [3.05, 3.63) is 30.1 Å². The summed E-state index contributed by atoms with van der Waals surface area (Å²) in [7, 11) is -3.93. The van der Waals surface area contributed by atoms with Gasteiger partial charge in [0.25, 0.3) is 0 Å². The van der Waals surface area contributed by atoms with E-state index >= 15 is 0 Å². The fourth-order valence-corrected chi connectivity index (χ4v) is 2.00. The van der Waals surface area contributed by atoms with Crippen molar-refractivity contribution in [2.75, 3.05) is 6.54 Å². The van der Waals surface area contributed by atoms with E-state index in [1.165, 1.54) is 12.1 Å². The van der Waals surface area contributed by atoms with Crippen LogP contribution in [0, 0.1) is 11.2 Å². The fraction of sp³-hybridized carbons (Fsp3) is 0.125. The van der Waals surface area contributed by atoms with Crippen LogP contribution in [0.25, 0.3) is 0 Å². The Bertz CT molecular complexity index is 473. The molecule has 0 unspecified atom stereocenters. The summed E-state index contributed by atoms with van der Waals surface area (Å²) in [6, 6.07) is 4.98. The van der Waals surface area contributed by atoms with E-state index in [-0.39, 0.29) is 12.4 Å². The van der Waals surface area contributed by atoms with Gasteiger partial charge in [0, 0.05) is 0 Å². The molecule has 0 atom stereocenters. The van der Waals surface area contributed by atoms with Crippen LogP contribution >= 0.6 is 0 Å². The highest BCUT2D eigenvalue weighted by atomic mass is 32.2. The van der Waals surface area contributed by atoms with Crippen LogP contribution in [0.5, 0.6) is 0 Å². The second kappa shape index (κ2) is 4.37. The first-order valence-corrected chi connectivity index (χ1v) is 5.49. The van der Waals surface area contributed by atoms with Crippen molar-refractivity contribution in [2.45, 2.75) is 4.90 Å². The zero-order valence-electron chi connectivity index (χ0n) is 7.70. The Kier molecular flexibility index (Phi) is 3.38. The lowest BCUT2D eigenvalue weighted by Crippen LogP contribution is -2.33. The molecule has 0 aliphatic rings. The van der Waals surface area contributed by atoms with Crippen LogP contribution in [0.4, 0.5) is 4.39 Å². The van der Waals surface area contributed by atoms with E-state index in [9.17, 15) is 12.8 Å². The highest BCUT2D eigenvalue weighted by molar-refractivity contribution is 7.89. The molecule has 5 nitrogen and oxygen atoms in total. The van der Waals surface area contributed by atoms with Gasteiger partial charge in [-0.25, -0.2) is 17.5 Å². The molecule has 0 amide bonds. The van der Waals surface area contributed by atoms with Gasteiger partial charge >= 0.3 is 0 Å². The zero-order chi connectivity index (χ0) is 11.5. The maximum atomic E-state index is 13.1. The first-order valence-electron chi connectivity index (χ1n) is 4.00. The van der Waals surface area contributed by atoms with Gasteiger partial charge in [-0.3, -0.25) is 5.41 Å². The number of amidine groups is 1. The maximum absolute atomic E-state index is 13.1. The van der Waals surface area contributed by atoms with Gasteiger partial charge in [-0.1, -0.05) is 12.1 Å². The third-order valence-electron chi connectivity index (χ3n) is 1.58. The molecule has 0 fully saturated rings. The van der Waals surface area contributed by atoms with E-state index in [0.29, 0.717) is 0 Å². The topological polar surface area (TPSA) is 96.0 Å². The number of sulfonamides is 1. The van der Waals surface area contributed by atoms with E-state index in [0.717, 1.165) is 12.1 Å². The monoisotopic (exact) mass is 231 g/mol. The molecule has 0 aliphatic heterocycles. The smallest absolute Gasteiger partial charge is 0.243 e. The van der Waals surface area contributed by atoms with Gasteiger partial charge in [0.1, 0.15) is 16.5 Å². The Morgan fingerprint density at radius 2 is 2.07 bits per heavy atom. The second-order valence-corrected chi connectivity index (χ2v) is 4.52. The molecule has 0 saturated carbocycles. The fourth-order valence-electron chi connectivity index (χ4n) is 0.913. The lowest BCUT2D eigenvalue weighted by atomic mass is 10.4. The molecule has 0 spiro atoms. The molecular formula is C8H10FN3O2S. The van der Waals surface area contributed by atoms with Crippen molar-refractivity contribution in [2.24, 2.45) is 5.73 Å². The van der Waals surface area contributed by atoms with Gasteiger partial charge in [0.2, 0.25) is 10.0 Å². The summed E-state index contributed by atoms with van der Waals surface area (Å²) in [6.07, 6.45) is 0. The highest BCUT2D eigenvalue weighted by Crippen LogP contribution is 2.12. The Balaban J connectivity index is 2.97. The van der Waals surface area contributed by atoms with Crippen molar-refractivity contribution >= 4 is 15.9 Å². The largest absolute Gasteiger partial charge is 0.387 e. The third-order valence-corrected chi connectivity index (χ3v) is 3.01. The molecule has 0 saturated heterocycles. The minimum atomic E-state index is -3.93. The summed E-state index contributed by atoms with van der Waals surface area (Å²) in [5.74, 6) is -1.18. The Morgan fingerprint density at radius 3 is 2.60 bits per heavy atom. The van der Waals surface area contributed by atoms with Gasteiger partial charge in [-0.2, -0.15) is 0 Å². The molecule has 0 heterocycles. The van der Waals surface area contributed by atoms with Gasteiger partial charge in [-0.05, 0) is 12.1 Å².